The number of para-hydroxylation sites is 1. The Morgan fingerprint density at radius 2 is 1.22 bits per heavy atom. The minimum atomic E-state index is -1.70. The summed E-state index contributed by atoms with van der Waals surface area (Å²) in [5.74, 6) is 0. The highest BCUT2D eigenvalue weighted by molar-refractivity contribution is 7.25. The minimum Gasteiger partial charge on any atom is -0.455 e. The molecular weight excluding hydrogens is 675 g/mol. The third-order valence-electron chi connectivity index (χ3n) is 9.31. The summed E-state index contributed by atoms with van der Waals surface area (Å²) in [4.78, 5) is 0.622. The van der Waals surface area contributed by atoms with E-state index in [-0.39, 0.29) is 31.3 Å². The van der Waals surface area contributed by atoms with Crippen molar-refractivity contribution in [3.8, 4) is 33.4 Å². The molecule has 0 saturated heterocycles. The van der Waals surface area contributed by atoms with Gasteiger partial charge in [0.15, 0.2) is 0 Å². The van der Waals surface area contributed by atoms with Crippen LogP contribution in [0.5, 0.6) is 0 Å². The summed E-state index contributed by atoms with van der Waals surface area (Å²) < 4.78 is 271. The number of benzene rings is 8. The van der Waals surface area contributed by atoms with Crippen molar-refractivity contribution in [2.45, 2.75) is 19.3 Å². The van der Waals surface area contributed by atoms with Crippen LogP contribution < -0.4 is 4.90 Å². The van der Waals surface area contributed by atoms with Crippen molar-refractivity contribution in [3.05, 3.63) is 186 Å². The van der Waals surface area contributed by atoms with Crippen molar-refractivity contribution in [3.63, 3.8) is 0 Å². The molecule has 256 valence electrons. The number of fused-ring (bicyclic) bond motifs is 9. The lowest BCUT2D eigenvalue weighted by Crippen LogP contribution is -2.16. The predicted octanol–water partition coefficient (Wildman–Crippen LogP) is 15.1. The van der Waals surface area contributed by atoms with Gasteiger partial charge in [0.25, 0.3) is 0 Å². The fraction of sp³-hybridized carbons (Fsp3) is 0.0588. The van der Waals surface area contributed by atoms with Crippen LogP contribution in [0.3, 0.4) is 0 Å². The van der Waals surface area contributed by atoms with Gasteiger partial charge in [0.2, 0.25) is 0 Å². The van der Waals surface area contributed by atoms with Gasteiger partial charge >= 0.3 is 0 Å². The molecule has 2 heterocycles. The Kier molecular flexibility index (Phi) is 3.01. The molecular formula is C51H35NOS. The van der Waals surface area contributed by atoms with Gasteiger partial charge in [0, 0.05) is 47.8 Å². The normalized spacial score (nSPS) is 20.7. The summed E-state index contributed by atoms with van der Waals surface area (Å²) in [5.41, 5.74) is -10.4. The second kappa shape index (κ2) is 11.8. The molecule has 0 unspecified atom stereocenters. The van der Waals surface area contributed by atoms with Gasteiger partial charge in [0.05, 0.1) is 56.5 Å². The van der Waals surface area contributed by atoms with Gasteiger partial charge in [-0.15, -0.1) is 11.3 Å². The number of hydrogen-bond acceptors (Lipinski definition) is 3. The number of anilines is 3. The highest BCUT2D eigenvalue weighted by Crippen LogP contribution is 2.55. The third-order valence-corrected chi connectivity index (χ3v) is 10.3. The Labute approximate surface area is 358 Å². The Bertz CT molecular complexity index is 4710. The molecule has 1 aliphatic carbocycles. The molecule has 0 spiro atoms. The number of hydrogen-bond donors (Lipinski definition) is 0. The molecule has 11 rings (SSSR count). The van der Waals surface area contributed by atoms with Crippen LogP contribution in [0.25, 0.3) is 75.5 Å². The molecule has 0 bridgehead atoms. The molecule has 0 saturated carbocycles. The average Bonchev–Trinajstić information content (AvgIpc) is 1.69. The highest BCUT2D eigenvalue weighted by atomic mass is 32.1. The van der Waals surface area contributed by atoms with E-state index in [2.05, 4.69) is 0 Å². The first kappa shape index (κ1) is 13.8. The monoisotopic (exact) mass is 738 g/mol. The maximum Gasteiger partial charge on any atom is 0.145 e. The number of thiophene rings is 1. The second-order valence-corrected chi connectivity index (χ2v) is 13.7. The van der Waals surface area contributed by atoms with E-state index >= 15 is 0 Å². The van der Waals surface area contributed by atoms with Crippen LogP contribution in [0.2, 0.25) is 0 Å². The fourth-order valence-electron chi connectivity index (χ4n) is 6.85. The van der Waals surface area contributed by atoms with Gasteiger partial charge in [-0.1, -0.05) is 141 Å². The maximum atomic E-state index is 10.1. The molecule has 8 aromatic carbocycles. The average molecular weight is 739 g/mol. The molecule has 0 N–H and O–H groups in total. The van der Waals surface area contributed by atoms with Crippen molar-refractivity contribution < 1.29 is 44.2 Å². The fourth-order valence-corrected chi connectivity index (χ4v) is 7.82. The summed E-state index contributed by atoms with van der Waals surface area (Å²) in [5, 5.41) is -1.82. The molecule has 0 atom stereocenters. The zero-order valence-electron chi connectivity index (χ0n) is 56.8. The van der Waals surface area contributed by atoms with Crippen LogP contribution in [0.4, 0.5) is 17.1 Å². The SMILES string of the molecule is [2H]c1c([2H])c([2H])c(-c2c([2H])c([2H])c(N(c3c([2H])c([2H])c(-c4c([2H])c([2H])c5c(sc6c([2H])c([2H])c([2H])c([2H])c65)c4[2H])c([2H])c3[2H])c3c([2H])c([2H])c([2H])c4c3-c3c([2H])c([2H])c([2H])c([2H])c3C4(C)C)c3c2oc2c([2H])c([2H])c([2H])c([2H])c23)c([2H])c1[2H]. The van der Waals surface area contributed by atoms with E-state index in [1.807, 2.05) is 0 Å². The summed E-state index contributed by atoms with van der Waals surface area (Å²) in [6, 6.07) is -25.7. The first-order valence-corrected chi connectivity index (χ1v) is 17.1. The van der Waals surface area contributed by atoms with E-state index in [4.69, 9.17) is 23.6 Å². The number of furan rings is 1. The molecule has 54 heavy (non-hydrogen) atoms. The molecule has 10 aromatic rings. The van der Waals surface area contributed by atoms with E-state index in [1.165, 1.54) is 13.8 Å². The van der Waals surface area contributed by atoms with Crippen LogP contribution in [-0.2, 0) is 5.41 Å². The molecule has 2 nitrogen and oxygen atoms in total. The Morgan fingerprint density at radius 3 is 2.09 bits per heavy atom. The van der Waals surface area contributed by atoms with Gasteiger partial charge in [-0.25, -0.2) is 0 Å². The summed E-state index contributed by atoms with van der Waals surface area (Å²) in [7, 11) is 0. The first-order valence-electron chi connectivity index (χ1n) is 30.7. The lowest BCUT2D eigenvalue weighted by atomic mass is 9.82. The maximum absolute atomic E-state index is 10.1. The lowest BCUT2D eigenvalue weighted by molar-refractivity contribution is 0.660. The smallest absolute Gasteiger partial charge is 0.145 e. The van der Waals surface area contributed by atoms with Crippen molar-refractivity contribution in [2.75, 3.05) is 4.90 Å². The number of rotatable bonds is 5. The van der Waals surface area contributed by atoms with E-state index in [0.29, 0.717) is 16.2 Å². The van der Waals surface area contributed by atoms with Crippen LogP contribution in [-0.4, -0.2) is 0 Å². The van der Waals surface area contributed by atoms with Gasteiger partial charge in [0.1, 0.15) is 11.2 Å². The zero-order chi connectivity index (χ0) is 61.2. The Morgan fingerprint density at radius 1 is 0.519 bits per heavy atom. The van der Waals surface area contributed by atoms with Gasteiger partial charge in [-0.3, -0.25) is 0 Å². The highest BCUT2D eigenvalue weighted by Gasteiger charge is 2.38. The van der Waals surface area contributed by atoms with Crippen LogP contribution in [0, 0.1) is 0 Å². The van der Waals surface area contributed by atoms with Crippen molar-refractivity contribution >= 4 is 70.5 Å². The third kappa shape index (κ3) is 4.58. The Balaban J connectivity index is 1.39. The minimum absolute atomic E-state index is 0.101. The summed E-state index contributed by atoms with van der Waals surface area (Å²) in [6.07, 6.45) is 0. The zero-order valence-corrected chi connectivity index (χ0v) is 28.6. The topological polar surface area (TPSA) is 16.4 Å². The quantitative estimate of drug-likeness (QED) is 0.175. The number of nitrogens with zero attached hydrogens (tertiary/aromatic N) is 1. The first-order chi connectivity index (χ1) is 38.6. The summed E-state index contributed by atoms with van der Waals surface area (Å²) >= 11 is 0.644. The second-order valence-electron chi connectivity index (χ2n) is 12.7. The molecule has 0 amide bonds. The molecule has 0 radical (unpaired) electrons. The van der Waals surface area contributed by atoms with Crippen molar-refractivity contribution in [2.24, 2.45) is 0 Å². The standard InChI is InChI=1S/C51H35NOS/c1-51(2)41-18-9-6-16-39(41)48-42(51)19-12-20-43(48)52(35-26-23-32(24-27-35)34-25-28-38-37-15-8-11-22-46(37)54-47(38)31-34)44-30-29-36(33-13-4-3-5-14-33)50-49(44)40-17-7-10-21-45(40)53-50/h3-31H,1-2H3/i3D,4D,5D,6D,7D,8D,9D,10D,11D,12D,13D,14D,15D,16D,17D,18D,19D,20D,21D,22D,23D,24D,25D,26D,27D,28D,29D,30D,31D. The van der Waals surface area contributed by atoms with Gasteiger partial charge in [-0.2, -0.15) is 0 Å². The van der Waals surface area contributed by atoms with Crippen LogP contribution in [0.1, 0.15) is 64.7 Å². The predicted molar refractivity (Wildman–Crippen MR) is 230 cm³/mol. The Hall–Kier alpha value is -6.42. The molecule has 1 aliphatic rings. The van der Waals surface area contributed by atoms with Crippen LogP contribution in [0.15, 0.2) is 180 Å². The molecule has 0 aliphatic heterocycles. The van der Waals surface area contributed by atoms with Crippen LogP contribution >= 0.6 is 11.3 Å². The van der Waals surface area contributed by atoms with E-state index in [0.717, 1.165) is 0 Å². The molecule has 3 heteroatoms. The van der Waals surface area contributed by atoms with Crippen molar-refractivity contribution in [1.82, 2.24) is 0 Å². The lowest BCUT2D eigenvalue weighted by Gasteiger charge is -2.30. The van der Waals surface area contributed by atoms with E-state index in [1.54, 1.807) is 0 Å². The van der Waals surface area contributed by atoms with Gasteiger partial charge < -0.3 is 9.32 Å². The van der Waals surface area contributed by atoms with E-state index < -0.39 is 253 Å². The summed E-state index contributed by atoms with van der Waals surface area (Å²) in [6.45, 7) is 2.89. The van der Waals surface area contributed by atoms with Gasteiger partial charge in [-0.05, 0) is 81.7 Å². The molecule has 0 fully saturated rings. The largest absolute Gasteiger partial charge is 0.455 e. The molecule has 2 aromatic heterocycles. The van der Waals surface area contributed by atoms with E-state index in [9.17, 15) is 20.6 Å². The van der Waals surface area contributed by atoms with Crippen molar-refractivity contribution in [1.29, 1.82) is 0 Å².